The zero-order valence-corrected chi connectivity index (χ0v) is 26.5. The molecule has 0 saturated carbocycles. The Morgan fingerprint density at radius 3 is 1.94 bits per heavy atom. The van der Waals surface area contributed by atoms with Crippen molar-refractivity contribution in [2.24, 2.45) is 0 Å². The monoisotopic (exact) mass is 627 g/mol. The summed E-state index contributed by atoms with van der Waals surface area (Å²) in [5, 5.41) is 6.17. The minimum absolute atomic E-state index is 0.750. The maximum Gasteiger partial charge on any atom is 0.160 e. The summed E-state index contributed by atoms with van der Waals surface area (Å²) < 4.78 is 5.02. The molecule has 7 aromatic carbocycles. The van der Waals surface area contributed by atoms with Crippen molar-refractivity contribution in [1.29, 1.82) is 0 Å². The second-order valence-electron chi connectivity index (χ2n) is 12.6. The highest BCUT2D eigenvalue weighted by Crippen LogP contribution is 2.46. The summed E-state index contributed by atoms with van der Waals surface area (Å²) in [6, 6.07) is 54.8. The van der Waals surface area contributed by atoms with Crippen LogP contribution in [0.15, 0.2) is 152 Å². The van der Waals surface area contributed by atoms with Gasteiger partial charge < -0.3 is 4.57 Å². The number of hydrogen-bond donors (Lipinski definition) is 0. The first-order valence-electron chi connectivity index (χ1n) is 16.2. The Kier molecular flexibility index (Phi) is 5.26. The summed E-state index contributed by atoms with van der Waals surface area (Å²) in [6.07, 6.45) is 0. The van der Waals surface area contributed by atoms with Crippen LogP contribution in [0.2, 0.25) is 0 Å². The Morgan fingerprint density at radius 2 is 1.08 bits per heavy atom. The number of rotatable bonds is 3. The van der Waals surface area contributed by atoms with Crippen LogP contribution in [0.1, 0.15) is 0 Å². The van der Waals surface area contributed by atoms with Gasteiger partial charge in [0.05, 0.1) is 22.2 Å². The van der Waals surface area contributed by atoms with Gasteiger partial charge in [-0.2, -0.15) is 0 Å². The summed E-state index contributed by atoms with van der Waals surface area (Å²) >= 11 is 1.86. The van der Waals surface area contributed by atoms with Crippen molar-refractivity contribution in [3.63, 3.8) is 0 Å². The van der Waals surface area contributed by atoms with Crippen LogP contribution in [0.25, 0.3) is 103 Å². The minimum atomic E-state index is 0.750. The minimum Gasteiger partial charge on any atom is -0.309 e. The van der Waals surface area contributed by atoms with Crippen molar-refractivity contribution >= 4 is 64.2 Å². The normalized spacial score (nSPS) is 12.2. The lowest BCUT2D eigenvalue weighted by Gasteiger charge is -2.09. The maximum atomic E-state index is 5.23. The molecular formula is C44H25N3S. The maximum absolute atomic E-state index is 5.23. The SMILES string of the molecule is c1ccc(-n2c3ccc(-c4ccc5sc6ccccc6c5c4)cc3c3cc(-c4nc5c6c(cccc6n4)-c4ccccc4-5)ccc32)cc1. The van der Waals surface area contributed by atoms with E-state index in [9.17, 15) is 0 Å². The Hall–Kier alpha value is -6.10. The molecule has 0 bridgehead atoms. The van der Waals surface area contributed by atoms with Crippen LogP contribution in [0.4, 0.5) is 0 Å². The Balaban J connectivity index is 1.14. The van der Waals surface area contributed by atoms with Gasteiger partial charge in [-0.05, 0) is 89.0 Å². The first kappa shape index (κ1) is 26.0. The van der Waals surface area contributed by atoms with E-state index in [0.29, 0.717) is 0 Å². The Labute approximate surface area is 280 Å². The molecule has 0 fully saturated rings. The number of fused-ring (bicyclic) bond motifs is 9. The van der Waals surface area contributed by atoms with Crippen LogP contribution in [0.3, 0.4) is 0 Å². The molecule has 0 saturated heterocycles. The molecule has 0 radical (unpaired) electrons. The van der Waals surface area contributed by atoms with Crippen molar-refractivity contribution in [3.05, 3.63) is 152 Å². The highest BCUT2D eigenvalue weighted by atomic mass is 32.1. The van der Waals surface area contributed by atoms with Crippen molar-refractivity contribution in [2.45, 2.75) is 0 Å². The van der Waals surface area contributed by atoms with Crippen LogP contribution in [0, 0.1) is 0 Å². The summed E-state index contributed by atoms with van der Waals surface area (Å²) in [7, 11) is 0. The molecule has 222 valence electrons. The fourth-order valence-corrected chi connectivity index (χ4v) is 8.85. The molecule has 0 N–H and O–H groups in total. The molecule has 3 nitrogen and oxygen atoms in total. The molecular weight excluding hydrogens is 603 g/mol. The lowest BCUT2D eigenvalue weighted by molar-refractivity contribution is 1.18. The lowest BCUT2D eigenvalue weighted by Crippen LogP contribution is -1.94. The van der Waals surface area contributed by atoms with Crippen molar-refractivity contribution in [2.75, 3.05) is 0 Å². The molecule has 3 heterocycles. The molecule has 48 heavy (non-hydrogen) atoms. The van der Waals surface area contributed by atoms with E-state index in [-0.39, 0.29) is 0 Å². The van der Waals surface area contributed by atoms with Crippen LogP contribution in [-0.4, -0.2) is 14.5 Å². The number of hydrogen-bond acceptors (Lipinski definition) is 3. The smallest absolute Gasteiger partial charge is 0.160 e. The van der Waals surface area contributed by atoms with Crippen molar-refractivity contribution < 1.29 is 0 Å². The zero-order chi connectivity index (χ0) is 31.3. The first-order valence-corrected chi connectivity index (χ1v) is 17.1. The highest BCUT2D eigenvalue weighted by Gasteiger charge is 2.24. The van der Waals surface area contributed by atoms with Gasteiger partial charge in [-0.15, -0.1) is 11.3 Å². The summed E-state index contributed by atoms with van der Waals surface area (Å²) in [5.41, 5.74) is 12.5. The van der Waals surface area contributed by atoms with Crippen molar-refractivity contribution in [3.8, 4) is 50.6 Å². The third-order valence-electron chi connectivity index (χ3n) is 9.94. The molecule has 0 aliphatic heterocycles. The molecule has 1 aliphatic rings. The van der Waals surface area contributed by atoms with Gasteiger partial charge in [0.2, 0.25) is 0 Å². The van der Waals surface area contributed by atoms with Gasteiger partial charge in [-0.3, -0.25) is 0 Å². The fourth-order valence-electron chi connectivity index (χ4n) is 7.76. The van der Waals surface area contributed by atoms with Gasteiger partial charge in [-0.25, -0.2) is 9.97 Å². The van der Waals surface area contributed by atoms with Crippen LogP contribution >= 0.6 is 11.3 Å². The summed E-state index contributed by atoms with van der Waals surface area (Å²) in [6.45, 7) is 0. The summed E-state index contributed by atoms with van der Waals surface area (Å²) in [4.78, 5) is 10.4. The van der Waals surface area contributed by atoms with Gasteiger partial charge in [0.25, 0.3) is 0 Å². The van der Waals surface area contributed by atoms with Crippen molar-refractivity contribution in [1.82, 2.24) is 14.5 Å². The molecule has 0 atom stereocenters. The number of benzene rings is 7. The van der Waals surface area contributed by atoms with Crippen LogP contribution in [-0.2, 0) is 0 Å². The average molecular weight is 628 g/mol. The molecule has 11 rings (SSSR count). The topological polar surface area (TPSA) is 30.7 Å². The fraction of sp³-hybridized carbons (Fsp3) is 0. The second-order valence-corrected chi connectivity index (χ2v) is 13.7. The van der Waals surface area contributed by atoms with Gasteiger partial charge >= 0.3 is 0 Å². The van der Waals surface area contributed by atoms with E-state index in [1.807, 2.05) is 11.3 Å². The van der Waals surface area contributed by atoms with E-state index in [2.05, 4.69) is 156 Å². The average Bonchev–Trinajstić information content (AvgIpc) is 3.80. The van der Waals surface area contributed by atoms with Crippen LogP contribution < -0.4 is 0 Å². The van der Waals surface area contributed by atoms with Gasteiger partial charge in [0.1, 0.15) is 0 Å². The number of aromatic nitrogens is 3. The van der Waals surface area contributed by atoms with Gasteiger partial charge in [-0.1, -0.05) is 84.9 Å². The third-order valence-corrected chi connectivity index (χ3v) is 11.1. The standard InChI is InChI=1S/C44H25N3S/c1-2-9-29(10-3-1)47-38-20-17-26(27-19-22-41-36(24-27)31-12-6-7-16-40(31)48-41)23-34(38)35-25-28(18-21-39(35)47)44-45-37-15-8-14-32-30-11-4-5-13-33(30)43(46-44)42(32)37/h1-25H. The quantitative estimate of drug-likeness (QED) is 0.195. The lowest BCUT2D eigenvalue weighted by atomic mass is 10.00. The van der Waals surface area contributed by atoms with E-state index in [4.69, 9.17) is 9.97 Å². The predicted octanol–water partition coefficient (Wildman–Crippen LogP) is 12.1. The second kappa shape index (κ2) is 9.71. The molecule has 1 aliphatic carbocycles. The van der Waals surface area contributed by atoms with Crippen LogP contribution in [0.5, 0.6) is 0 Å². The third kappa shape index (κ3) is 3.63. The number of thiophene rings is 1. The van der Waals surface area contributed by atoms with E-state index >= 15 is 0 Å². The molecule has 10 aromatic rings. The van der Waals surface area contributed by atoms with E-state index < -0.39 is 0 Å². The van der Waals surface area contributed by atoms with E-state index in [1.54, 1.807) is 0 Å². The molecule has 4 heteroatoms. The zero-order valence-electron chi connectivity index (χ0n) is 25.7. The Bertz CT molecular complexity index is 2950. The molecule has 0 unspecified atom stereocenters. The Morgan fingerprint density at radius 1 is 0.438 bits per heavy atom. The number of para-hydroxylation sites is 1. The summed E-state index contributed by atoms with van der Waals surface area (Å²) in [5.74, 6) is 0.750. The van der Waals surface area contributed by atoms with E-state index in [0.717, 1.165) is 39.2 Å². The molecule has 0 spiro atoms. The first-order chi connectivity index (χ1) is 23.8. The largest absolute Gasteiger partial charge is 0.309 e. The van der Waals surface area contributed by atoms with Gasteiger partial charge in [0.15, 0.2) is 5.82 Å². The van der Waals surface area contributed by atoms with E-state index in [1.165, 1.54) is 64.3 Å². The number of nitrogens with zero attached hydrogens (tertiary/aromatic N) is 3. The van der Waals surface area contributed by atoms with Gasteiger partial charge in [0, 0.05) is 53.1 Å². The molecule has 3 aromatic heterocycles. The molecule has 0 amide bonds. The predicted molar refractivity (Wildman–Crippen MR) is 202 cm³/mol. The highest BCUT2D eigenvalue weighted by molar-refractivity contribution is 7.25.